The molecule has 0 unspecified atom stereocenters. The number of hydrogen-bond donors (Lipinski definition) is 0. The van der Waals surface area contributed by atoms with E-state index in [0.717, 1.165) is 67.9 Å². The van der Waals surface area contributed by atoms with Gasteiger partial charge in [0.15, 0.2) is 0 Å². The first kappa shape index (κ1) is 24.8. The van der Waals surface area contributed by atoms with E-state index >= 15 is 0 Å². The summed E-state index contributed by atoms with van der Waals surface area (Å²) in [5.41, 5.74) is 2.88. The summed E-state index contributed by atoms with van der Waals surface area (Å²) in [6.45, 7) is 17.2. The molecule has 0 aliphatic carbocycles. The number of fused-ring (bicyclic) bond motifs is 1. The van der Waals surface area contributed by atoms with E-state index in [1.807, 2.05) is 12.1 Å². The van der Waals surface area contributed by atoms with Gasteiger partial charge in [-0.1, -0.05) is 34.1 Å². The highest BCUT2D eigenvalue weighted by atomic mass is 16.2. The predicted molar refractivity (Wildman–Crippen MR) is 134 cm³/mol. The third-order valence-electron chi connectivity index (χ3n) is 6.73. The molecule has 2 aromatic rings. The Morgan fingerprint density at radius 3 is 2.28 bits per heavy atom. The highest BCUT2D eigenvalue weighted by molar-refractivity contribution is 5.97. The molecule has 1 fully saturated rings. The predicted octanol–water partition coefficient (Wildman–Crippen LogP) is 5.76. The minimum Gasteiger partial charge on any atom is -0.339 e. The fraction of sp³-hybridized carbons (Fsp3) is 0.704. The number of hydrogen-bond acceptors (Lipinski definition) is 3. The quantitative estimate of drug-likeness (QED) is 0.446. The molecular formula is C27H44N4O. The van der Waals surface area contributed by atoms with Crippen LogP contribution in [0.15, 0.2) is 18.2 Å². The van der Waals surface area contributed by atoms with Gasteiger partial charge in [-0.05, 0) is 88.7 Å². The van der Waals surface area contributed by atoms with Crippen LogP contribution in [0.4, 0.5) is 0 Å². The molecule has 1 aliphatic rings. The van der Waals surface area contributed by atoms with Gasteiger partial charge in [0.2, 0.25) is 0 Å². The number of amides is 1. The van der Waals surface area contributed by atoms with E-state index in [-0.39, 0.29) is 5.91 Å². The molecule has 0 N–H and O–H groups in total. The maximum atomic E-state index is 13.4. The second kappa shape index (κ2) is 11.8. The standard InChI is InChI=1S/C27H44N4O/c1-21(2)12-18-30(19-13-22(3)4)27(32)24-10-11-25-26(20-24)31(23(5)28-25)17-9-16-29-14-7-6-8-15-29/h10-11,20-22H,6-9,12-19H2,1-5H3. The minimum atomic E-state index is 0.159. The zero-order valence-electron chi connectivity index (χ0n) is 21.1. The Morgan fingerprint density at radius 1 is 1.00 bits per heavy atom. The van der Waals surface area contributed by atoms with Crippen molar-refractivity contribution in [3.63, 3.8) is 0 Å². The Balaban J connectivity index is 1.73. The number of benzene rings is 1. The molecule has 32 heavy (non-hydrogen) atoms. The number of rotatable bonds is 11. The number of nitrogens with zero attached hydrogens (tertiary/aromatic N) is 4. The number of aryl methyl sites for hydroxylation is 2. The molecule has 1 amide bonds. The van der Waals surface area contributed by atoms with Crippen molar-refractivity contribution < 1.29 is 4.79 Å². The molecular weight excluding hydrogens is 396 g/mol. The van der Waals surface area contributed by atoms with E-state index in [1.165, 1.54) is 32.4 Å². The SMILES string of the molecule is Cc1nc2ccc(C(=O)N(CCC(C)C)CCC(C)C)cc2n1CCCN1CCCCC1. The zero-order chi connectivity index (χ0) is 23.1. The Bertz CT molecular complexity index is 852. The van der Waals surface area contributed by atoms with Crippen LogP contribution < -0.4 is 0 Å². The van der Waals surface area contributed by atoms with Crippen molar-refractivity contribution in [1.82, 2.24) is 19.4 Å². The summed E-state index contributed by atoms with van der Waals surface area (Å²) in [4.78, 5) is 22.9. The van der Waals surface area contributed by atoms with Gasteiger partial charge in [-0.15, -0.1) is 0 Å². The lowest BCUT2D eigenvalue weighted by molar-refractivity contribution is 0.0741. The molecule has 0 saturated carbocycles. The number of imidazole rings is 1. The van der Waals surface area contributed by atoms with Crippen molar-refractivity contribution in [3.8, 4) is 0 Å². The summed E-state index contributed by atoms with van der Waals surface area (Å²) >= 11 is 0. The molecule has 1 saturated heterocycles. The van der Waals surface area contributed by atoms with Crippen LogP contribution in [-0.4, -0.2) is 58.0 Å². The van der Waals surface area contributed by atoms with Gasteiger partial charge in [-0.3, -0.25) is 4.79 Å². The zero-order valence-corrected chi connectivity index (χ0v) is 21.1. The van der Waals surface area contributed by atoms with Gasteiger partial charge in [-0.25, -0.2) is 4.98 Å². The number of aromatic nitrogens is 2. The van der Waals surface area contributed by atoms with E-state index in [2.05, 4.69) is 55.1 Å². The molecule has 3 rings (SSSR count). The van der Waals surface area contributed by atoms with Gasteiger partial charge in [-0.2, -0.15) is 0 Å². The Hall–Kier alpha value is -1.88. The monoisotopic (exact) mass is 440 g/mol. The molecule has 1 aromatic heterocycles. The summed E-state index contributed by atoms with van der Waals surface area (Å²) in [6.07, 6.45) is 7.26. The maximum Gasteiger partial charge on any atom is 0.253 e. The van der Waals surface area contributed by atoms with Gasteiger partial charge in [0.05, 0.1) is 11.0 Å². The summed E-state index contributed by atoms with van der Waals surface area (Å²) < 4.78 is 2.31. The van der Waals surface area contributed by atoms with Crippen LogP contribution in [0.5, 0.6) is 0 Å². The van der Waals surface area contributed by atoms with Gasteiger partial charge in [0.25, 0.3) is 5.91 Å². The number of carbonyl (C=O) groups excluding carboxylic acids is 1. The lowest BCUT2D eigenvalue weighted by Gasteiger charge is -2.26. The van der Waals surface area contributed by atoms with E-state index < -0.39 is 0 Å². The van der Waals surface area contributed by atoms with Gasteiger partial charge >= 0.3 is 0 Å². The molecule has 0 radical (unpaired) electrons. The Labute approximate surface area is 195 Å². The van der Waals surface area contributed by atoms with Gasteiger partial charge in [0, 0.05) is 25.2 Å². The third-order valence-corrected chi connectivity index (χ3v) is 6.73. The molecule has 2 heterocycles. The summed E-state index contributed by atoms with van der Waals surface area (Å²) in [7, 11) is 0. The smallest absolute Gasteiger partial charge is 0.253 e. The lowest BCUT2D eigenvalue weighted by Crippen LogP contribution is -2.34. The number of carbonyl (C=O) groups is 1. The average molecular weight is 441 g/mol. The van der Waals surface area contributed by atoms with Gasteiger partial charge in [0.1, 0.15) is 5.82 Å². The summed E-state index contributed by atoms with van der Waals surface area (Å²) in [5, 5.41) is 0. The highest BCUT2D eigenvalue weighted by Crippen LogP contribution is 2.21. The fourth-order valence-corrected chi connectivity index (χ4v) is 4.62. The topological polar surface area (TPSA) is 41.4 Å². The van der Waals surface area contributed by atoms with E-state index in [0.29, 0.717) is 11.8 Å². The molecule has 0 bridgehead atoms. The van der Waals surface area contributed by atoms with E-state index in [9.17, 15) is 4.79 Å². The second-order valence-corrected chi connectivity index (χ2v) is 10.4. The summed E-state index contributed by atoms with van der Waals surface area (Å²) in [5.74, 6) is 2.39. The van der Waals surface area contributed by atoms with Crippen molar-refractivity contribution in [2.45, 2.75) is 79.7 Å². The second-order valence-electron chi connectivity index (χ2n) is 10.4. The van der Waals surface area contributed by atoms with Crippen LogP contribution in [0.25, 0.3) is 11.0 Å². The molecule has 1 aromatic carbocycles. The van der Waals surface area contributed by atoms with Crippen molar-refractivity contribution in [2.24, 2.45) is 11.8 Å². The third kappa shape index (κ3) is 6.81. The van der Waals surface area contributed by atoms with E-state index in [4.69, 9.17) is 4.98 Å². The Kier molecular flexibility index (Phi) is 9.15. The van der Waals surface area contributed by atoms with Crippen molar-refractivity contribution in [1.29, 1.82) is 0 Å². The lowest BCUT2D eigenvalue weighted by atomic mass is 10.1. The minimum absolute atomic E-state index is 0.159. The maximum absolute atomic E-state index is 13.4. The van der Waals surface area contributed by atoms with Crippen LogP contribution in [-0.2, 0) is 6.54 Å². The molecule has 178 valence electrons. The van der Waals surface area contributed by atoms with Crippen LogP contribution in [0, 0.1) is 18.8 Å². The van der Waals surface area contributed by atoms with Crippen LogP contribution in [0.2, 0.25) is 0 Å². The van der Waals surface area contributed by atoms with Crippen molar-refractivity contribution in [3.05, 3.63) is 29.6 Å². The van der Waals surface area contributed by atoms with Crippen LogP contribution >= 0.6 is 0 Å². The first-order valence-corrected chi connectivity index (χ1v) is 12.8. The van der Waals surface area contributed by atoms with Gasteiger partial charge < -0.3 is 14.4 Å². The highest BCUT2D eigenvalue weighted by Gasteiger charge is 2.19. The molecule has 5 heteroatoms. The van der Waals surface area contributed by atoms with Crippen molar-refractivity contribution in [2.75, 3.05) is 32.7 Å². The molecule has 5 nitrogen and oxygen atoms in total. The first-order valence-electron chi connectivity index (χ1n) is 12.8. The largest absolute Gasteiger partial charge is 0.339 e. The molecule has 0 atom stereocenters. The van der Waals surface area contributed by atoms with Crippen molar-refractivity contribution >= 4 is 16.9 Å². The van der Waals surface area contributed by atoms with Crippen LogP contribution in [0.3, 0.4) is 0 Å². The normalized spacial score (nSPS) is 15.2. The van der Waals surface area contributed by atoms with E-state index in [1.54, 1.807) is 0 Å². The van der Waals surface area contributed by atoms with Crippen LogP contribution in [0.1, 0.15) is 82.4 Å². The average Bonchev–Trinajstić information content (AvgIpc) is 3.08. The summed E-state index contributed by atoms with van der Waals surface area (Å²) in [6, 6.07) is 6.07. The first-order chi connectivity index (χ1) is 15.3. The number of likely N-dealkylation sites (tertiary alicyclic amines) is 1. The molecule has 0 spiro atoms. The fourth-order valence-electron chi connectivity index (χ4n) is 4.62. The molecule has 1 aliphatic heterocycles. The Morgan fingerprint density at radius 2 is 1.66 bits per heavy atom. The number of piperidine rings is 1.